The molecule has 0 aliphatic rings. The van der Waals surface area contributed by atoms with Crippen molar-refractivity contribution < 1.29 is 14.3 Å². The minimum atomic E-state index is -0.223. The van der Waals surface area contributed by atoms with Gasteiger partial charge in [0.1, 0.15) is 11.5 Å². The molecule has 0 bridgehead atoms. The number of benzene rings is 2. The Labute approximate surface area is 144 Å². The lowest BCUT2D eigenvalue weighted by Crippen LogP contribution is -2.31. The Morgan fingerprint density at radius 2 is 1.83 bits per heavy atom. The van der Waals surface area contributed by atoms with Gasteiger partial charge >= 0.3 is 6.03 Å². The number of nitrogens with zero attached hydrogens (tertiary/aromatic N) is 1. The average Bonchev–Trinajstić information content (AvgIpc) is 2.56. The Hall–Kier alpha value is -2.21. The molecule has 6 heteroatoms. The second kappa shape index (κ2) is 7.87. The summed E-state index contributed by atoms with van der Waals surface area (Å²) in [5.41, 5.74) is 1.61. The molecule has 0 spiro atoms. The van der Waals surface area contributed by atoms with Crippen molar-refractivity contribution in [3.8, 4) is 11.5 Å². The normalized spacial score (nSPS) is 10.1. The first-order chi connectivity index (χ1) is 11.0. The maximum atomic E-state index is 12.4. The van der Waals surface area contributed by atoms with E-state index in [1.807, 2.05) is 24.3 Å². The zero-order valence-electron chi connectivity index (χ0n) is 13.3. The predicted molar refractivity (Wildman–Crippen MR) is 94.2 cm³/mol. The molecule has 0 saturated heterocycles. The van der Waals surface area contributed by atoms with Crippen molar-refractivity contribution in [2.75, 3.05) is 26.6 Å². The average molecular weight is 379 g/mol. The Kier molecular flexibility index (Phi) is 5.87. The van der Waals surface area contributed by atoms with E-state index in [4.69, 9.17) is 9.47 Å². The summed E-state index contributed by atoms with van der Waals surface area (Å²) in [5.74, 6) is 1.23. The highest BCUT2D eigenvalue weighted by Gasteiger charge is 2.13. The van der Waals surface area contributed by atoms with Crippen molar-refractivity contribution in [2.45, 2.75) is 6.54 Å². The van der Waals surface area contributed by atoms with Crippen LogP contribution in [-0.4, -0.2) is 32.2 Å². The lowest BCUT2D eigenvalue weighted by Gasteiger charge is -2.19. The number of urea groups is 1. The van der Waals surface area contributed by atoms with Gasteiger partial charge in [0, 0.05) is 24.1 Å². The molecule has 2 rings (SSSR count). The summed E-state index contributed by atoms with van der Waals surface area (Å²) in [4.78, 5) is 14.0. The Bertz CT molecular complexity index is 674. The molecule has 0 unspecified atom stereocenters. The second-order valence-corrected chi connectivity index (χ2v) is 5.89. The summed E-state index contributed by atoms with van der Waals surface area (Å²) >= 11 is 3.40. The lowest BCUT2D eigenvalue weighted by molar-refractivity contribution is 0.220. The van der Waals surface area contributed by atoms with Crippen molar-refractivity contribution in [3.63, 3.8) is 0 Å². The number of halogens is 1. The van der Waals surface area contributed by atoms with Crippen LogP contribution in [-0.2, 0) is 6.54 Å². The van der Waals surface area contributed by atoms with Crippen LogP contribution in [0.5, 0.6) is 11.5 Å². The fourth-order valence-electron chi connectivity index (χ4n) is 2.06. The van der Waals surface area contributed by atoms with Gasteiger partial charge in [0.15, 0.2) is 0 Å². The van der Waals surface area contributed by atoms with E-state index < -0.39 is 0 Å². The van der Waals surface area contributed by atoms with Crippen LogP contribution in [0, 0.1) is 0 Å². The molecule has 0 aliphatic heterocycles. The number of anilines is 1. The van der Waals surface area contributed by atoms with E-state index >= 15 is 0 Å². The number of ether oxygens (including phenoxy) is 2. The highest BCUT2D eigenvalue weighted by atomic mass is 79.9. The van der Waals surface area contributed by atoms with Crippen LogP contribution in [0.4, 0.5) is 10.5 Å². The number of amides is 2. The quantitative estimate of drug-likeness (QED) is 0.850. The molecule has 122 valence electrons. The monoisotopic (exact) mass is 378 g/mol. The van der Waals surface area contributed by atoms with Gasteiger partial charge in [-0.2, -0.15) is 0 Å². The summed E-state index contributed by atoms with van der Waals surface area (Å²) < 4.78 is 11.5. The van der Waals surface area contributed by atoms with Crippen LogP contribution in [0.1, 0.15) is 5.56 Å². The highest BCUT2D eigenvalue weighted by molar-refractivity contribution is 9.10. The standard InChI is InChI=1S/C17H19BrN2O3/c1-20(11-12-4-6-13(18)7-5-12)17(21)19-15-10-14(22-2)8-9-16(15)23-3/h4-10H,11H2,1-3H3,(H,19,21). The minimum absolute atomic E-state index is 0.223. The van der Waals surface area contributed by atoms with Crippen LogP contribution < -0.4 is 14.8 Å². The SMILES string of the molecule is COc1ccc(OC)c(NC(=O)N(C)Cc2ccc(Br)cc2)c1. The fraction of sp³-hybridized carbons (Fsp3) is 0.235. The molecular formula is C17H19BrN2O3. The number of carbonyl (C=O) groups excluding carboxylic acids is 1. The molecule has 5 nitrogen and oxygen atoms in total. The van der Waals surface area contributed by atoms with Gasteiger partial charge in [-0.3, -0.25) is 0 Å². The highest BCUT2D eigenvalue weighted by Crippen LogP contribution is 2.29. The summed E-state index contributed by atoms with van der Waals surface area (Å²) in [6.45, 7) is 0.505. The molecular weight excluding hydrogens is 360 g/mol. The van der Waals surface area contributed by atoms with Crippen LogP contribution in [0.2, 0.25) is 0 Å². The number of carbonyl (C=O) groups is 1. The molecule has 1 N–H and O–H groups in total. The van der Waals surface area contributed by atoms with Gasteiger partial charge in [-0.15, -0.1) is 0 Å². The third-order valence-corrected chi connectivity index (χ3v) is 3.86. The van der Waals surface area contributed by atoms with E-state index in [0.29, 0.717) is 23.7 Å². The third kappa shape index (κ3) is 4.63. The van der Waals surface area contributed by atoms with Crippen LogP contribution in [0.25, 0.3) is 0 Å². The summed E-state index contributed by atoms with van der Waals surface area (Å²) in [6, 6.07) is 12.9. The number of nitrogens with one attached hydrogen (secondary N) is 1. The van der Waals surface area contributed by atoms with E-state index in [0.717, 1.165) is 10.0 Å². The predicted octanol–water partition coefficient (Wildman–Crippen LogP) is 4.13. The molecule has 23 heavy (non-hydrogen) atoms. The number of methoxy groups -OCH3 is 2. The molecule has 0 fully saturated rings. The Morgan fingerprint density at radius 1 is 1.13 bits per heavy atom. The van der Waals surface area contributed by atoms with Crippen LogP contribution in [0.15, 0.2) is 46.9 Å². The van der Waals surface area contributed by atoms with Gasteiger partial charge in [0.2, 0.25) is 0 Å². The molecule has 0 atom stereocenters. The summed E-state index contributed by atoms with van der Waals surface area (Å²) in [5, 5.41) is 2.84. The molecule has 2 amide bonds. The first-order valence-electron chi connectivity index (χ1n) is 7.02. The first-order valence-corrected chi connectivity index (χ1v) is 7.81. The summed E-state index contributed by atoms with van der Waals surface area (Å²) in [6.07, 6.45) is 0. The smallest absolute Gasteiger partial charge is 0.321 e. The molecule has 0 heterocycles. The van der Waals surface area contributed by atoms with Crippen LogP contribution >= 0.6 is 15.9 Å². The molecule has 0 radical (unpaired) electrons. The number of hydrogen-bond donors (Lipinski definition) is 1. The van der Waals surface area contributed by atoms with E-state index in [2.05, 4.69) is 21.2 Å². The maximum Gasteiger partial charge on any atom is 0.321 e. The number of hydrogen-bond acceptors (Lipinski definition) is 3. The van der Waals surface area contributed by atoms with Gasteiger partial charge in [-0.05, 0) is 29.8 Å². The van der Waals surface area contributed by atoms with Crippen molar-refractivity contribution >= 4 is 27.6 Å². The number of rotatable bonds is 5. The van der Waals surface area contributed by atoms with Gasteiger partial charge in [-0.25, -0.2) is 4.79 Å². The Balaban J connectivity index is 2.07. The van der Waals surface area contributed by atoms with Gasteiger partial charge in [0.25, 0.3) is 0 Å². The van der Waals surface area contributed by atoms with Gasteiger partial charge in [0.05, 0.1) is 19.9 Å². The molecule has 2 aromatic carbocycles. The van der Waals surface area contributed by atoms with Crippen LogP contribution in [0.3, 0.4) is 0 Å². The van der Waals surface area contributed by atoms with Crippen molar-refractivity contribution in [1.29, 1.82) is 0 Å². The topological polar surface area (TPSA) is 50.8 Å². The first kappa shape index (κ1) is 17.1. The minimum Gasteiger partial charge on any atom is -0.497 e. The summed E-state index contributed by atoms with van der Waals surface area (Å²) in [7, 11) is 4.88. The van der Waals surface area contributed by atoms with E-state index in [9.17, 15) is 4.79 Å². The van der Waals surface area contributed by atoms with Crippen molar-refractivity contribution in [3.05, 3.63) is 52.5 Å². The maximum absolute atomic E-state index is 12.4. The van der Waals surface area contributed by atoms with Crippen molar-refractivity contribution in [1.82, 2.24) is 4.90 Å². The molecule has 2 aromatic rings. The molecule has 0 saturated carbocycles. The molecule has 0 aliphatic carbocycles. The van der Waals surface area contributed by atoms with E-state index in [1.165, 1.54) is 0 Å². The molecule has 0 aromatic heterocycles. The largest absolute Gasteiger partial charge is 0.497 e. The third-order valence-electron chi connectivity index (χ3n) is 3.33. The van der Waals surface area contributed by atoms with Gasteiger partial charge < -0.3 is 19.7 Å². The lowest BCUT2D eigenvalue weighted by atomic mass is 10.2. The Morgan fingerprint density at radius 3 is 2.43 bits per heavy atom. The van der Waals surface area contributed by atoms with E-state index in [-0.39, 0.29) is 6.03 Å². The zero-order chi connectivity index (χ0) is 16.8. The van der Waals surface area contributed by atoms with Crippen molar-refractivity contribution in [2.24, 2.45) is 0 Å². The second-order valence-electron chi connectivity index (χ2n) is 4.98. The van der Waals surface area contributed by atoms with E-state index in [1.54, 1.807) is 44.4 Å². The zero-order valence-corrected chi connectivity index (χ0v) is 14.9. The fourth-order valence-corrected chi connectivity index (χ4v) is 2.32. The van der Waals surface area contributed by atoms with Gasteiger partial charge in [-0.1, -0.05) is 28.1 Å².